The lowest BCUT2D eigenvalue weighted by Gasteiger charge is -2.22. The maximum Gasteiger partial charge on any atom is 0.164 e. The Morgan fingerprint density at radius 3 is 2.04 bits per heavy atom. The molecule has 0 saturated carbocycles. The molecule has 1 aliphatic heterocycles. The van der Waals surface area contributed by atoms with Gasteiger partial charge in [-0.1, -0.05) is 82.3 Å². The van der Waals surface area contributed by atoms with Gasteiger partial charge in [0.1, 0.15) is 13.2 Å². The van der Waals surface area contributed by atoms with Gasteiger partial charge in [0.25, 0.3) is 0 Å². The monoisotopic (exact) mass is 348 g/mol. The number of para-hydroxylation sites is 1. The van der Waals surface area contributed by atoms with Gasteiger partial charge in [-0.25, -0.2) is 0 Å². The molecule has 0 saturated heterocycles. The van der Waals surface area contributed by atoms with Crippen LogP contribution in [0.25, 0.3) is 10.8 Å². The van der Waals surface area contributed by atoms with Crippen LogP contribution in [0.2, 0.25) is 0 Å². The molecule has 1 aliphatic rings. The molecule has 0 unspecified atom stereocenters. The van der Waals surface area contributed by atoms with Crippen molar-refractivity contribution < 1.29 is 9.47 Å². The first-order valence-electron chi connectivity index (χ1n) is 9.44. The van der Waals surface area contributed by atoms with Crippen LogP contribution < -0.4 is 9.47 Å². The smallest absolute Gasteiger partial charge is 0.164 e. The van der Waals surface area contributed by atoms with Crippen molar-refractivity contribution in [3.05, 3.63) is 71.8 Å². The highest BCUT2D eigenvalue weighted by atomic mass is 16.6. The fourth-order valence-electron chi connectivity index (χ4n) is 3.30. The molecule has 3 aromatic rings. The van der Waals surface area contributed by atoms with E-state index < -0.39 is 0 Å². The van der Waals surface area contributed by atoms with E-state index in [4.69, 9.17) is 9.47 Å². The van der Waals surface area contributed by atoms with Crippen LogP contribution in [0, 0.1) is 0 Å². The maximum atomic E-state index is 5.59. The molecule has 0 spiro atoms. The predicted octanol–water partition coefficient (Wildman–Crippen LogP) is 6.54. The second kappa shape index (κ2) is 8.27. The van der Waals surface area contributed by atoms with Crippen LogP contribution in [-0.4, -0.2) is 13.2 Å². The Kier molecular flexibility index (Phi) is 5.82. The molecule has 0 bridgehead atoms. The van der Waals surface area contributed by atoms with E-state index in [1.54, 1.807) is 0 Å². The molecule has 0 fully saturated rings. The van der Waals surface area contributed by atoms with E-state index >= 15 is 0 Å². The molecule has 0 aromatic heterocycles. The van der Waals surface area contributed by atoms with E-state index in [9.17, 15) is 0 Å². The van der Waals surface area contributed by atoms with Crippen LogP contribution in [0.1, 0.15) is 50.7 Å². The van der Waals surface area contributed by atoms with E-state index in [0.717, 1.165) is 11.5 Å². The van der Waals surface area contributed by atoms with Gasteiger partial charge >= 0.3 is 0 Å². The van der Waals surface area contributed by atoms with E-state index in [-0.39, 0.29) is 0 Å². The van der Waals surface area contributed by atoms with Gasteiger partial charge in [-0.15, -0.1) is 0 Å². The molecule has 1 heterocycles. The van der Waals surface area contributed by atoms with Crippen molar-refractivity contribution in [1.82, 2.24) is 0 Å². The molecule has 26 heavy (non-hydrogen) atoms. The van der Waals surface area contributed by atoms with Gasteiger partial charge in [0.2, 0.25) is 0 Å². The fourth-order valence-corrected chi connectivity index (χ4v) is 3.30. The number of benzene rings is 3. The lowest BCUT2D eigenvalue weighted by atomic mass is 9.96. The normalized spacial score (nSPS) is 12.8. The van der Waals surface area contributed by atoms with Crippen LogP contribution in [0.5, 0.6) is 11.5 Å². The van der Waals surface area contributed by atoms with Gasteiger partial charge in [0.05, 0.1) is 0 Å². The minimum absolute atomic E-state index is 0.483. The highest BCUT2D eigenvalue weighted by Gasteiger charge is 2.16. The van der Waals surface area contributed by atoms with Crippen molar-refractivity contribution in [2.45, 2.75) is 39.5 Å². The number of hydrogen-bond acceptors (Lipinski definition) is 2. The summed E-state index contributed by atoms with van der Waals surface area (Å²) in [6, 6.07) is 21.2. The summed E-state index contributed by atoms with van der Waals surface area (Å²) in [4.78, 5) is 0. The van der Waals surface area contributed by atoms with Gasteiger partial charge in [-0.3, -0.25) is 0 Å². The standard InChI is InChI=1S/C13H14.C11H14O2/c1-10(2)12-9-5-7-11-6-3-4-8-13(11)12;1-8(2)9-4-3-5-10-11(9)13-7-6-12-10/h3-10H,1-2H3;3-5,8H,6-7H2,1-2H3. The molecule has 0 aliphatic carbocycles. The molecular weight excluding hydrogens is 320 g/mol. The zero-order valence-corrected chi connectivity index (χ0v) is 16.2. The number of ether oxygens (including phenoxy) is 2. The molecule has 4 rings (SSSR count). The predicted molar refractivity (Wildman–Crippen MR) is 110 cm³/mol. The van der Waals surface area contributed by atoms with Crippen molar-refractivity contribution in [2.75, 3.05) is 13.2 Å². The second-order valence-electron chi connectivity index (χ2n) is 7.25. The van der Waals surface area contributed by atoms with Gasteiger partial charge in [-0.2, -0.15) is 0 Å². The van der Waals surface area contributed by atoms with E-state index in [1.165, 1.54) is 21.9 Å². The summed E-state index contributed by atoms with van der Waals surface area (Å²) in [6.07, 6.45) is 0. The fraction of sp³-hybridized carbons (Fsp3) is 0.333. The first kappa shape index (κ1) is 18.3. The summed E-state index contributed by atoms with van der Waals surface area (Å²) in [6.45, 7) is 10.1. The minimum Gasteiger partial charge on any atom is -0.486 e. The summed E-state index contributed by atoms with van der Waals surface area (Å²) in [5.74, 6) is 2.91. The van der Waals surface area contributed by atoms with Crippen LogP contribution in [-0.2, 0) is 0 Å². The number of rotatable bonds is 2. The Morgan fingerprint density at radius 2 is 1.27 bits per heavy atom. The van der Waals surface area contributed by atoms with Gasteiger partial charge in [0, 0.05) is 5.56 Å². The molecule has 0 atom stereocenters. The Balaban J connectivity index is 0.000000151. The molecule has 0 amide bonds. The van der Waals surface area contributed by atoms with Gasteiger partial charge in [0.15, 0.2) is 11.5 Å². The van der Waals surface area contributed by atoms with Crippen LogP contribution >= 0.6 is 0 Å². The number of fused-ring (bicyclic) bond motifs is 2. The third kappa shape index (κ3) is 4.01. The first-order chi connectivity index (χ1) is 12.6. The topological polar surface area (TPSA) is 18.5 Å². The van der Waals surface area contributed by atoms with Gasteiger partial charge < -0.3 is 9.47 Å². The summed E-state index contributed by atoms with van der Waals surface area (Å²) >= 11 is 0. The van der Waals surface area contributed by atoms with E-state index in [2.05, 4.69) is 76.2 Å². The lowest BCUT2D eigenvalue weighted by molar-refractivity contribution is 0.169. The quantitative estimate of drug-likeness (QED) is 0.523. The number of hydrogen-bond donors (Lipinski definition) is 0. The minimum atomic E-state index is 0.483. The van der Waals surface area contributed by atoms with E-state index in [0.29, 0.717) is 25.0 Å². The van der Waals surface area contributed by atoms with Gasteiger partial charge in [-0.05, 0) is 34.2 Å². The molecule has 2 nitrogen and oxygen atoms in total. The average Bonchev–Trinajstić information content (AvgIpc) is 2.67. The molecule has 0 radical (unpaired) electrons. The van der Waals surface area contributed by atoms with Crippen LogP contribution in [0.4, 0.5) is 0 Å². The first-order valence-corrected chi connectivity index (χ1v) is 9.44. The largest absolute Gasteiger partial charge is 0.486 e. The van der Waals surface area contributed by atoms with Crippen LogP contribution in [0.15, 0.2) is 60.7 Å². The third-order valence-electron chi connectivity index (χ3n) is 4.66. The summed E-state index contributed by atoms with van der Waals surface area (Å²) in [5.41, 5.74) is 2.68. The van der Waals surface area contributed by atoms with Crippen molar-refractivity contribution in [3.8, 4) is 11.5 Å². The molecule has 0 N–H and O–H groups in total. The highest BCUT2D eigenvalue weighted by Crippen LogP contribution is 2.37. The molecular formula is C24H28O2. The molecule has 136 valence electrons. The third-order valence-corrected chi connectivity index (χ3v) is 4.66. The molecule has 2 heteroatoms. The van der Waals surface area contributed by atoms with Crippen LogP contribution in [0.3, 0.4) is 0 Å². The maximum absolute atomic E-state index is 5.59. The van der Waals surface area contributed by atoms with Crippen molar-refractivity contribution in [3.63, 3.8) is 0 Å². The van der Waals surface area contributed by atoms with E-state index in [1.807, 2.05) is 12.1 Å². The Hall–Kier alpha value is -2.48. The zero-order valence-electron chi connectivity index (χ0n) is 16.2. The second-order valence-corrected chi connectivity index (χ2v) is 7.25. The molecule has 3 aromatic carbocycles. The Bertz CT molecular complexity index is 860. The zero-order chi connectivity index (χ0) is 18.5. The Labute approximate surface area is 156 Å². The lowest BCUT2D eigenvalue weighted by Crippen LogP contribution is -2.16. The summed E-state index contributed by atoms with van der Waals surface area (Å²) < 4.78 is 11.1. The highest BCUT2D eigenvalue weighted by molar-refractivity contribution is 5.86. The Morgan fingerprint density at radius 1 is 0.654 bits per heavy atom. The average molecular weight is 348 g/mol. The van der Waals surface area contributed by atoms with Crippen molar-refractivity contribution in [2.24, 2.45) is 0 Å². The summed E-state index contributed by atoms with van der Waals surface area (Å²) in [5, 5.41) is 2.73. The SMILES string of the molecule is CC(C)c1cccc2c1OCCO2.CC(C)c1cccc2ccccc12. The van der Waals surface area contributed by atoms with Crippen molar-refractivity contribution >= 4 is 10.8 Å². The summed E-state index contributed by atoms with van der Waals surface area (Å²) in [7, 11) is 0. The van der Waals surface area contributed by atoms with Crippen molar-refractivity contribution in [1.29, 1.82) is 0 Å².